The first-order valence-corrected chi connectivity index (χ1v) is 9.50. The van der Waals surface area contributed by atoms with Gasteiger partial charge in [0.15, 0.2) is 0 Å². The van der Waals surface area contributed by atoms with Crippen LogP contribution in [-0.2, 0) is 6.61 Å². The molecule has 0 aliphatic carbocycles. The number of aromatic hydroxyl groups is 1. The minimum atomic E-state index is -0.487. The minimum absolute atomic E-state index is 0.101. The number of carbonyl (C=O) groups excluding carboxylic acids is 1. The van der Waals surface area contributed by atoms with Crippen LogP contribution in [0.25, 0.3) is 10.8 Å². The Morgan fingerprint density at radius 2 is 1.57 bits per heavy atom. The molecule has 0 bridgehead atoms. The van der Waals surface area contributed by atoms with Crippen molar-refractivity contribution in [2.45, 2.75) is 25.9 Å². The molecule has 2 aromatic carbocycles. The molecule has 1 amide bonds. The van der Waals surface area contributed by atoms with Crippen LogP contribution in [0.4, 0.5) is 0 Å². The molecule has 6 nitrogen and oxygen atoms in total. The third kappa shape index (κ3) is 3.33. The number of aromatic nitrogens is 1. The maximum atomic E-state index is 13.2. The van der Waals surface area contributed by atoms with Crippen molar-refractivity contribution >= 4 is 16.7 Å². The number of pyridine rings is 1. The van der Waals surface area contributed by atoms with E-state index in [1.54, 1.807) is 29.2 Å². The number of benzene rings is 2. The molecule has 1 aromatic heterocycles. The molecule has 0 saturated carbocycles. The van der Waals surface area contributed by atoms with Gasteiger partial charge in [-0.15, -0.1) is 4.73 Å². The number of rotatable bonds is 4. The van der Waals surface area contributed by atoms with E-state index in [0.29, 0.717) is 23.9 Å². The molecular weight excluding hydrogens is 356 g/mol. The van der Waals surface area contributed by atoms with Crippen LogP contribution in [0.1, 0.15) is 35.2 Å². The van der Waals surface area contributed by atoms with Crippen molar-refractivity contribution < 1.29 is 14.7 Å². The molecule has 2 heterocycles. The summed E-state index contributed by atoms with van der Waals surface area (Å²) in [4.78, 5) is 33.4. The predicted octanol–water partition coefficient (Wildman–Crippen LogP) is 2.96. The van der Waals surface area contributed by atoms with Crippen molar-refractivity contribution in [3.63, 3.8) is 0 Å². The highest BCUT2D eigenvalue weighted by Crippen LogP contribution is 2.27. The normalized spacial score (nSPS) is 14.2. The molecule has 1 N–H and O–H groups in total. The van der Waals surface area contributed by atoms with Crippen LogP contribution in [0.5, 0.6) is 5.88 Å². The van der Waals surface area contributed by atoms with Gasteiger partial charge in [-0.3, -0.25) is 9.59 Å². The first-order chi connectivity index (χ1) is 13.7. The number of carbonyl (C=O) groups is 1. The summed E-state index contributed by atoms with van der Waals surface area (Å²) in [6.07, 6.45) is 2.97. The molecule has 1 fully saturated rings. The molecule has 1 aliphatic rings. The van der Waals surface area contributed by atoms with E-state index in [1.165, 1.54) is 0 Å². The monoisotopic (exact) mass is 378 g/mol. The van der Waals surface area contributed by atoms with Crippen LogP contribution in [0.2, 0.25) is 0 Å². The second-order valence-electron chi connectivity index (χ2n) is 6.96. The number of nitrogens with zero attached hydrogens (tertiary/aromatic N) is 2. The van der Waals surface area contributed by atoms with Gasteiger partial charge in [-0.25, -0.2) is 0 Å². The van der Waals surface area contributed by atoms with Crippen LogP contribution in [0, 0.1) is 0 Å². The van der Waals surface area contributed by atoms with Crippen molar-refractivity contribution in [3.8, 4) is 5.88 Å². The number of amides is 1. The molecular formula is C22H22N2O4. The van der Waals surface area contributed by atoms with Gasteiger partial charge in [0.25, 0.3) is 11.5 Å². The van der Waals surface area contributed by atoms with Crippen molar-refractivity contribution in [2.75, 3.05) is 13.1 Å². The molecule has 3 aromatic rings. The first kappa shape index (κ1) is 18.1. The van der Waals surface area contributed by atoms with Crippen molar-refractivity contribution in [2.24, 2.45) is 0 Å². The lowest BCUT2D eigenvalue weighted by Gasteiger charge is -2.27. The van der Waals surface area contributed by atoms with Gasteiger partial charge in [-0.1, -0.05) is 48.5 Å². The maximum absolute atomic E-state index is 13.2. The highest BCUT2D eigenvalue weighted by molar-refractivity contribution is 6.08. The Kier molecular flexibility index (Phi) is 5.02. The van der Waals surface area contributed by atoms with Gasteiger partial charge in [0.2, 0.25) is 5.88 Å². The molecule has 6 heteroatoms. The fourth-order valence-electron chi connectivity index (χ4n) is 3.61. The van der Waals surface area contributed by atoms with Crippen LogP contribution in [-0.4, -0.2) is 33.7 Å². The van der Waals surface area contributed by atoms with E-state index >= 15 is 0 Å². The smallest absolute Gasteiger partial charge is 0.294 e. The Hall–Kier alpha value is -3.28. The average molecular weight is 378 g/mol. The van der Waals surface area contributed by atoms with Crippen LogP contribution < -0.4 is 10.4 Å². The quantitative estimate of drug-likeness (QED) is 0.758. The van der Waals surface area contributed by atoms with Gasteiger partial charge >= 0.3 is 0 Å². The zero-order valence-corrected chi connectivity index (χ0v) is 15.5. The lowest BCUT2D eigenvalue weighted by atomic mass is 10.0. The van der Waals surface area contributed by atoms with E-state index < -0.39 is 11.4 Å². The van der Waals surface area contributed by atoms with E-state index in [9.17, 15) is 14.7 Å². The van der Waals surface area contributed by atoms with Gasteiger partial charge in [-0.2, -0.15) is 0 Å². The number of hydrogen-bond donors (Lipinski definition) is 1. The Morgan fingerprint density at radius 3 is 2.29 bits per heavy atom. The van der Waals surface area contributed by atoms with Gasteiger partial charge < -0.3 is 14.8 Å². The highest BCUT2D eigenvalue weighted by atomic mass is 16.7. The summed E-state index contributed by atoms with van der Waals surface area (Å²) in [5.41, 5.74) is 0.482. The fourth-order valence-corrected chi connectivity index (χ4v) is 3.61. The zero-order chi connectivity index (χ0) is 19.5. The zero-order valence-electron chi connectivity index (χ0n) is 15.5. The van der Waals surface area contributed by atoms with Gasteiger partial charge in [0, 0.05) is 18.5 Å². The largest absolute Gasteiger partial charge is 0.492 e. The fraction of sp³-hybridized carbons (Fsp3) is 0.273. The topological polar surface area (TPSA) is 71.8 Å². The highest BCUT2D eigenvalue weighted by Gasteiger charge is 2.27. The minimum Gasteiger partial charge on any atom is -0.492 e. The summed E-state index contributed by atoms with van der Waals surface area (Å²) in [5.74, 6) is -0.722. The van der Waals surface area contributed by atoms with Crippen molar-refractivity contribution in [1.82, 2.24) is 9.63 Å². The number of hydrogen-bond acceptors (Lipinski definition) is 4. The SMILES string of the molecule is O=C(c1c(O)n(OCc2ccccc2)c(=O)c2ccccc12)N1CCCCC1. The average Bonchev–Trinajstić information content (AvgIpc) is 2.75. The summed E-state index contributed by atoms with van der Waals surface area (Å²) in [7, 11) is 0. The molecule has 0 unspecified atom stereocenters. The lowest BCUT2D eigenvalue weighted by Crippen LogP contribution is -2.37. The third-order valence-electron chi connectivity index (χ3n) is 5.09. The number of piperidine rings is 1. The van der Waals surface area contributed by atoms with Crippen LogP contribution >= 0.6 is 0 Å². The van der Waals surface area contributed by atoms with E-state index in [0.717, 1.165) is 29.6 Å². The molecule has 28 heavy (non-hydrogen) atoms. The number of likely N-dealkylation sites (tertiary alicyclic amines) is 1. The summed E-state index contributed by atoms with van der Waals surface area (Å²) in [6, 6.07) is 16.2. The second kappa shape index (κ2) is 7.76. The summed E-state index contributed by atoms with van der Waals surface area (Å²) >= 11 is 0. The molecule has 1 saturated heterocycles. The van der Waals surface area contributed by atoms with E-state index in [1.807, 2.05) is 30.3 Å². The molecule has 4 rings (SSSR count). The van der Waals surface area contributed by atoms with Crippen molar-refractivity contribution in [1.29, 1.82) is 0 Å². The van der Waals surface area contributed by atoms with Crippen LogP contribution in [0.3, 0.4) is 0 Å². The van der Waals surface area contributed by atoms with E-state index in [4.69, 9.17) is 4.84 Å². The second-order valence-corrected chi connectivity index (χ2v) is 6.96. The van der Waals surface area contributed by atoms with Crippen molar-refractivity contribution in [3.05, 3.63) is 76.1 Å². The molecule has 1 aliphatic heterocycles. The third-order valence-corrected chi connectivity index (χ3v) is 5.09. The summed E-state index contributed by atoms with van der Waals surface area (Å²) in [6.45, 7) is 1.40. The Balaban J connectivity index is 1.79. The van der Waals surface area contributed by atoms with E-state index in [-0.39, 0.29) is 18.1 Å². The summed E-state index contributed by atoms with van der Waals surface area (Å²) < 4.78 is 0.840. The van der Waals surface area contributed by atoms with Crippen LogP contribution in [0.15, 0.2) is 59.4 Å². The Bertz CT molecular complexity index is 1050. The lowest BCUT2D eigenvalue weighted by molar-refractivity contribution is 0.0638. The number of fused-ring (bicyclic) bond motifs is 1. The maximum Gasteiger partial charge on any atom is 0.294 e. The molecule has 144 valence electrons. The molecule has 0 radical (unpaired) electrons. The first-order valence-electron chi connectivity index (χ1n) is 9.50. The summed E-state index contributed by atoms with van der Waals surface area (Å²) in [5, 5.41) is 11.6. The Labute approximate surface area is 162 Å². The van der Waals surface area contributed by atoms with E-state index in [2.05, 4.69) is 0 Å². The van der Waals surface area contributed by atoms with Gasteiger partial charge in [0.1, 0.15) is 12.2 Å². The van der Waals surface area contributed by atoms with Gasteiger partial charge in [0.05, 0.1) is 5.39 Å². The standard InChI is InChI=1S/C22H22N2O4/c25-20-18-12-6-5-11-17(18)19(21(26)23-13-7-2-8-14-23)22(27)24(20)28-15-16-9-3-1-4-10-16/h1,3-6,9-12,27H,2,7-8,13-15H2. The Morgan fingerprint density at radius 1 is 0.929 bits per heavy atom. The van der Waals surface area contributed by atoms with Gasteiger partial charge in [-0.05, 0) is 30.9 Å². The molecule has 0 atom stereocenters. The predicted molar refractivity (Wildman–Crippen MR) is 106 cm³/mol. The molecule has 0 spiro atoms.